The Labute approximate surface area is 222 Å². The number of carbonyl (C=O) groups excluding carboxylic acids is 1. The molecule has 0 spiro atoms. The zero-order valence-corrected chi connectivity index (χ0v) is 22.5. The van der Waals surface area contributed by atoms with Crippen molar-refractivity contribution in [3.63, 3.8) is 0 Å². The van der Waals surface area contributed by atoms with Gasteiger partial charge in [0.15, 0.2) is 0 Å². The fourth-order valence-electron chi connectivity index (χ4n) is 6.88. The van der Waals surface area contributed by atoms with Gasteiger partial charge in [0.05, 0.1) is 0 Å². The molecule has 2 fully saturated rings. The zero-order valence-electron chi connectivity index (χ0n) is 22.5. The Morgan fingerprint density at radius 1 is 1.03 bits per heavy atom. The molecule has 3 nitrogen and oxygen atoms in total. The molecule has 0 radical (unpaired) electrons. The Morgan fingerprint density at radius 3 is 2.49 bits per heavy atom. The number of benzene rings is 3. The number of nitrogens with one attached hydrogen (secondary N) is 1. The van der Waals surface area contributed by atoms with E-state index in [4.69, 9.17) is 0 Å². The molecule has 1 amide bonds. The highest BCUT2D eigenvalue weighted by molar-refractivity contribution is 5.94. The Balaban J connectivity index is 1.13. The molecule has 3 aromatic carbocycles. The Hall–Kier alpha value is -2.91. The molecule has 4 atom stereocenters. The highest BCUT2D eigenvalue weighted by Crippen LogP contribution is 2.49. The van der Waals surface area contributed by atoms with Crippen molar-refractivity contribution in [2.45, 2.75) is 70.4 Å². The maximum absolute atomic E-state index is 13.3. The largest absolute Gasteiger partial charge is 0.349 e. The van der Waals surface area contributed by atoms with Gasteiger partial charge in [-0.05, 0) is 103 Å². The molecule has 3 aromatic rings. The number of amides is 1. The summed E-state index contributed by atoms with van der Waals surface area (Å²) in [4.78, 5) is 16.1. The molecule has 0 aromatic heterocycles. The van der Waals surface area contributed by atoms with Crippen molar-refractivity contribution < 1.29 is 4.79 Å². The second-order valence-corrected chi connectivity index (χ2v) is 12.2. The van der Waals surface area contributed by atoms with Crippen LogP contribution in [0.4, 0.5) is 0 Å². The average Bonchev–Trinajstić information content (AvgIpc) is 3.73. The van der Waals surface area contributed by atoms with E-state index in [1.54, 1.807) is 0 Å². The van der Waals surface area contributed by atoms with E-state index < -0.39 is 0 Å². The summed E-state index contributed by atoms with van der Waals surface area (Å²) in [6.07, 6.45) is 5.96. The van der Waals surface area contributed by atoms with Crippen LogP contribution in [0.2, 0.25) is 0 Å². The Bertz CT molecular complexity index is 1260. The predicted molar refractivity (Wildman–Crippen MR) is 152 cm³/mol. The van der Waals surface area contributed by atoms with Crippen molar-refractivity contribution in [1.29, 1.82) is 0 Å². The molecule has 4 unspecified atom stereocenters. The second-order valence-electron chi connectivity index (χ2n) is 12.2. The molecule has 1 saturated carbocycles. The first-order chi connectivity index (χ1) is 17.9. The van der Waals surface area contributed by atoms with Gasteiger partial charge in [-0.15, -0.1) is 0 Å². The number of fused-ring (bicyclic) bond motifs is 4. The van der Waals surface area contributed by atoms with E-state index >= 15 is 0 Å². The third kappa shape index (κ3) is 4.86. The fraction of sp³-hybridized carbons (Fsp3) is 0.441. The van der Waals surface area contributed by atoms with Gasteiger partial charge in [0.2, 0.25) is 0 Å². The first kappa shape index (κ1) is 24.4. The highest BCUT2D eigenvalue weighted by atomic mass is 16.1. The molecule has 2 aliphatic carbocycles. The summed E-state index contributed by atoms with van der Waals surface area (Å²) in [6, 6.07) is 26.4. The molecule has 2 bridgehead atoms. The van der Waals surface area contributed by atoms with Crippen molar-refractivity contribution in [2.24, 2.45) is 11.8 Å². The summed E-state index contributed by atoms with van der Waals surface area (Å²) < 4.78 is 0. The van der Waals surface area contributed by atoms with Crippen LogP contribution < -0.4 is 5.32 Å². The van der Waals surface area contributed by atoms with E-state index in [2.05, 4.69) is 97.7 Å². The van der Waals surface area contributed by atoms with Gasteiger partial charge in [-0.2, -0.15) is 0 Å². The lowest BCUT2D eigenvalue weighted by molar-refractivity contribution is 0.0284. The van der Waals surface area contributed by atoms with E-state index in [-0.39, 0.29) is 17.4 Å². The van der Waals surface area contributed by atoms with Crippen molar-refractivity contribution in [2.75, 3.05) is 13.1 Å². The van der Waals surface area contributed by atoms with Crippen LogP contribution in [0.5, 0.6) is 0 Å². The molecule has 3 heteroatoms. The molecule has 1 aliphatic heterocycles. The minimum Gasteiger partial charge on any atom is -0.349 e. The van der Waals surface area contributed by atoms with Crippen LogP contribution in [0.25, 0.3) is 11.1 Å². The summed E-state index contributed by atoms with van der Waals surface area (Å²) in [6.45, 7) is 9.47. The van der Waals surface area contributed by atoms with E-state index in [1.165, 1.54) is 60.2 Å². The van der Waals surface area contributed by atoms with E-state index in [1.807, 2.05) is 6.07 Å². The topological polar surface area (TPSA) is 32.3 Å². The first-order valence-corrected chi connectivity index (χ1v) is 14.2. The van der Waals surface area contributed by atoms with Crippen molar-refractivity contribution in [1.82, 2.24) is 10.2 Å². The predicted octanol–water partition coefficient (Wildman–Crippen LogP) is 6.65. The van der Waals surface area contributed by atoms with Gasteiger partial charge in [0.1, 0.15) is 0 Å². The van der Waals surface area contributed by atoms with Crippen molar-refractivity contribution in [3.05, 3.63) is 95.1 Å². The third-order valence-corrected chi connectivity index (χ3v) is 9.56. The normalized spacial score (nSPS) is 25.8. The van der Waals surface area contributed by atoms with Crippen LogP contribution in [0.3, 0.4) is 0 Å². The maximum atomic E-state index is 13.3. The lowest BCUT2D eigenvalue weighted by Gasteiger charge is -2.55. The number of hydrogen-bond acceptors (Lipinski definition) is 2. The molecular weight excluding hydrogens is 452 g/mol. The second kappa shape index (κ2) is 9.76. The lowest BCUT2D eigenvalue weighted by atomic mass is 9.59. The Kier molecular flexibility index (Phi) is 6.44. The molecular formula is C34H40N2O. The molecule has 3 aliphatic rings. The van der Waals surface area contributed by atoms with E-state index in [9.17, 15) is 4.79 Å². The van der Waals surface area contributed by atoms with E-state index in [0.717, 1.165) is 24.3 Å². The number of nitrogens with zero attached hydrogens (tertiary/aromatic N) is 1. The van der Waals surface area contributed by atoms with Crippen LogP contribution >= 0.6 is 0 Å². The van der Waals surface area contributed by atoms with Gasteiger partial charge in [-0.3, -0.25) is 9.69 Å². The molecule has 6 rings (SSSR count). The summed E-state index contributed by atoms with van der Waals surface area (Å²) in [5.41, 5.74) is 7.51. The number of likely N-dealkylation sites (tertiary alicyclic amines) is 1. The highest BCUT2D eigenvalue weighted by Gasteiger charge is 2.49. The number of piperidine rings is 1. The van der Waals surface area contributed by atoms with E-state index in [0.29, 0.717) is 12.0 Å². The van der Waals surface area contributed by atoms with Crippen molar-refractivity contribution >= 4 is 5.91 Å². The van der Waals surface area contributed by atoms with Gasteiger partial charge in [-0.1, -0.05) is 74.5 Å². The van der Waals surface area contributed by atoms with Crippen LogP contribution in [0.1, 0.15) is 67.1 Å². The van der Waals surface area contributed by atoms with Crippen LogP contribution in [0.15, 0.2) is 72.8 Å². The van der Waals surface area contributed by atoms with Gasteiger partial charge in [-0.25, -0.2) is 0 Å². The standard InChI is InChI=1S/C34H40N2O/c1-23(19-25-11-13-28(14-12-25)27-7-5-4-6-8-27)35-33(37)30-16-15-29-21-32-24(2)34(3,31(29)20-30)17-18-36(32)22-26-9-10-26/h4-8,11-16,20,23-24,26,32H,9-10,17-19,21-22H2,1-3H3,(H,35,37). The number of carbonyl (C=O) groups is 1. The minimum atomic E-state index is 0.0424. The quantitative estimate of drug-likeness (QED) is 0.400. The summed E-state index contributed by atoms with van der Waals surface area (Å²) in [5, 5.41) is 3.27. The average molecular weight is 493 g/mol. The van der Waals surface area contributed by atoms with Gasteiger partial charge in [0.25, 0.3) is 5.91 Å². The van der Waals surface area contributed by atoms with Gasteiger partial charge >= 0.3 is 0 Å². The number of hydrogen-bond donors (Lipinski definition) is 1. The van der Waals surface area contributed by atoms with Gasteiger partial charge in [0, 0.05) is 24.2 Å². The molecule has 1 heterocycles. The number of rotatable bonds is 7. The summed E-state index contributed by atoms with van der Waals surface area (Å²) >= 11 is 0. The third-order valence-electron chi connectivity index (χ3n) is 9.56. The zero-order chi connectivity index (χ0) is 25.6. The fourth-order valence-corrected chi connectivity index (χ4v) is 6.88. The maximum Gasteiger partial charge on any atom is 0.251 e. The monoisotopic (exact) mass is 492 g/mol. The lowest BCUT2D eigenvalue weighted by Crippen LogP contribution is -2.58. The summed E-state index contributed by atoms with van der Waals surface area (Å²) in [5.74, 6) is 1.59. The van der Waals surface area contributed by atoms with Crippen LogP contribution in [0, 0.1) is 11.8 Å². The minimum absolute atomic E-state index is 0.0424. The molecule has 1 saturated heterocycles. The van der Waals surface area contributed by atoms with Gasteiger partial charge < -0.3 is 5.32 Å². The molecule has 192 valence electrons. The molecule has 37 heavy (non-hydrogen) atoms. The summed E-state index contributed by atoms with van der Waals surface area (Å²) in [7, 11) is 0. The SMILES string of the molecule is CC(Cc1ccc(-c2ccccc2)cc1)NC(=O)c1ccc2c(c1)C1(C)CCN(CC3CC3)C(C2)C1C. The molecule has 1 N–H and O–H groups in total. The van der Waals surface area contributed by atoms with Crippen LogP contribution in [-0.2, 0) is 18.3 Å². The first-order valence-electron chi connectivity index (χ1n) is 14.2. The van der Waals surface area contributed by atoms with Crippen molar-refractivity contribution in [3.8, 4) is 11.1 Å². The smallest absolute Gasteiger partial charge is 0.251 e. The Morgan fingerprint density at radius 2 is 1.76 bits per heavy atom. The van der Waals surface area contributed by atoms with Crippen LogP contribution in [-0.4, -0.2) is 36.0 Å².